The number of benzene rings is 3. The first-order valence-electron chi connectivity index (χ1n) is 13.1. The van der Waals surface area contributed by atoms with E-state index in [2.05, 4.69) is 6.92 Å². The SMILES string of the molecule is CCCCCOc1cccc(C2C(C(=O)C=Cc3ccccc3)=C(O)C(=O)N2c2nc3ccc(C)cc3s2)c1. The molecule has 0 saturated carbocycles. The van der Waals surface area contributed by atoms with Gasteiger partial charge in [-0.25, -0.2) is 4.98 Å². The summed E-state index contributed by atoms with van der Waals surface area (Å²) in [6.07, 6.45) is 6.19. The lowest BCUT2D eigenvalue weighted by Gasteiger charge is -2.24. The van der Waals surface area contributed by atoms with Crippen LogP contribution in [0.25, 0.3) is 16.3 Å². The number of carbonyl (C=O) groups is 2. The number of hydrogen-bond acceptors (Lipinski definition) is 6. The molecule has 7 heteroatoms. The second-order valence-electron chi connectivity index (χ2n) is 9.54. The number of amides is 1. The minimum atomic E-state index is -0.855. The summed E-state index contributed by atoms with van der Waals surface area (Å²) in [5.41, 5.74) is 3.35. The number of rotatable bonds is 10. The molecule has 1 aliphatic rings. The third-order valence-electron chi connectivity index (χ3n) is 6.63. The number of nitrogens with zero attached hydrogens (tertiary/aromatic N) is 2. The summed E-state index contributed by atoms with van der Waals surface area (Å²) in [5, 5.41) is 11.5. The number of allylic oxidation sites excluding steroid dienone is 1. The monoisotopic (exact) mass is 538 g/mol. The smallest absolute Gasteiger partial charge is 0.296 e. The summed E-state index contributed by atoms with van der Waals surface area (Å²) in [4.78, 5) is 33.2. The first-order valence-corrected chi connectivity index (χ1v) is 13.9. The van der Waals surface area contributed by atoms with Crippen molar-refractivity contribution in [2.45, 2.75) is 39.2 Å². The summed E-state index contributed by atoms with van der Waals surface area (Å²) < 4.78 is 6.90. The third kappa shape index (κ3) is 5.64. The molecule has 0 aliphatic carbocycles. The van der Waals surface area contributed by atoms with Gasteiger partial charge in [-0.05, 0) is 60.4 Å². The van der Waals surface area contributed by atoms with E-state index < -0.39 is 23.5 Å². The molecule has 4 aromatic rings. The molecule has 0 saturated heterocycles. The van der Waals surface area contributed by atoms with Crippen LogP contribution in [0.4, 0.5) is 5.13 Å². The number of unbranched alkanes of at least 4 members (excludes halogenated alkanes) is 2. The number of hydrogen-bond donors (Lipinski definition) is 1. The van der Waals surface area contributed by atoms with Gasteiger partial charge in [-0.1, -0.05) is 85.7 Å². The summed E-state index contributed by atoms with van der Waals surface area (Å²) in [6.45, 7) is 4.71. The molecule has 0 radical (unpaired) electrons. The van der Waals surface area contributed by atoms with Gasteiger partial charge < -0.3 is 9.84 Å². The van der Waals surface area contributed by atoms with Crippen LogP contribution >= 0.6 is 11.3 Å². The maximum atomic E-state index is 13.5. The minimum absolute atomic E-state index is 0.0192. The zero-order chi connectivity index (χ0) is 27.4. The van der Waals surface area contributed by atoms with Crippen LogP contribution in [-0.2, 0) is 9.59 Å². The molecule has 1 unspecified atom stereocenters. The molecular weight excluding hydrogens is 508 g/mol. The van der Waals surface area contributed by atoms with Crippen LogP contribution in [0.1, 0.15) is 48.9 Å². The van der Waals surface area contributed by atoms with Gasteiger partial charge in [0.2, 0.25) is 0 Å². The first kappa shape index (κ1) is 26.4. The van der Waals surface area contributed by atoms with Crippen molar-refractivity contribution in [3.63, 3.8) is 0 Å². The number of ketones is 1. The highest BCUT2D eigenvalue weighted by Crippen LogP contribution is 2.44. The van der Waals surface area contributed by atoms with Gasteiger partial charge in [0, 0.05) is 0 Å². The van der Waals surface area contributed by atoms with E-state index >= 15 is 0 Å². The van der Waals surface area contributed by atoms with Crippen molar-refractivity contribution in [2.24, 2.45) is 0 Å². The fraction of sp³-hybridized carbons (Fsp3) is 0.219. The number of fused-ring (bicyclic) bond motifs is 1. The van der Waals surface area contributed by atoms with Crippen LogP contribution in [0, 0.1) is 6.92 Å². The van der Waals surface area contributed by atoms with Gasteiger partial charge in [-0.15, -0.1) is 0 Å². The van der Waals surface area contributed by atoms with Crippen molar-refractivity contribution in [1.82, 2.24) is 4.98 Å². The lowest BCUT2D eigenvalue weighted by Crippen LogP contribution is -2.30. The van der Waals surface area contributed by atoms with E-state index in [1.165, 1.54) is 22.3 Å². The van der Waals surface area contributed by atoms with E-state index in [4.69, 9.17) is 9.72 Å². The summed E-state index contributed by atoms with van der Waals surface area (Å²) in [6, 6.07) is 21.8. The Morgan fingerprint density at radius 3 is 2.69 bits per heavy atom. The van der Waals surface area contributed by atoms with Crippen molar-refractivity contribution in [3.8, 4) is 5.75 Å². The van der Waals surface area contributed by atoms with Gasteiger partial charge in [0.25, 0.3) is 5.91 Å². The minimum Gasteiger partial charge on any atom is -0.503 e. The van der Waals surface area contributed by atoms with Crippen LogP contribution in [-0.4, -0.2) is 28.4 Å². The molecule has 3 aromatic carbocycles. The normalized spacial score (nSPS) is 15.6. The van der Waals surface area contributed by atoms with E-state index in [1.807, 2.05) is 79.7 Å². The number of carbonyl (C=O) groups excluding carboxylic acids is 2. The average molecular weight is 539 g/mol. The zero-order valence-corrected chi connectivity index (χ0v) is 22.8. The van der Waals surface area contributed by atoms with Crippen LogP contribution in [0.5, 0.6) is 5.75 Å². The van der Waals surface area contributed by atoms with Crippen LogP contribution < -0.4 is 9.64 Å². The number of ether oxygens (including phenoxy) is 1. The Morgan fingerprint density at radius 2 is 1.90 bits per heavy atom. The quantitative estimate of drug-likeness (QED) is 0.169. The average Bonchev–Trinajstić information content (AvgIpc) is 3.48. The molecule has 5 rings (SSSR count). The molecule has 2 heterocycles. The molecule has 1 aliphatic heterocycles. The number of aliphatic hydroxyl groups is 1. The molecule has 1 N–H and O–H groups in total. The predicted molar refractivity (Wildman–Crippen MR) is 156 cm³/mol. The lowest BCUT2D eigenvalue weighted by molar-refractivity contribution is -0.117. The van der Waals surface area contributed by atoms with Gasteiger partial charge in [0.1, 0.15) is 5.75 Å². The molecule has 39 heavy (non-hydrogen) atoms. The Labute approximate surface area is 231 Å². The molecule has 1 aromatic heterocycles. The standard InChI is InChI=1S/C32H30N2O4S/c1-3-4-8-18-38-24-13-9-12-23(20-24)29-28(26(35)17-15-22-10-6-5-7-11-22)30(36)31(37)34(29)32-33-25-16-14-21(2)19-27(25)39-32/h5-7,9-17,19-20,29,36H,3-4,8,18H2,1-2H3. The Balaban J connectivity index is 1.55. The van der Waals surface area contributed by atoms with E-state index in [1.54, 1.807) is 6.08 Å². The van der Waals surface area contributed by atoms with E-state index in [0.29, 0.717) is 23.1 Å². The van der Waals surface area contributed by atoms with Crippen molar-refractivity contribution in [1.29, 1.82) is 0 Å². The van der Waals surface area contributed by atoms with Gasteiger partial charge >= 0.3 is 0 Å². The van der Waals surface area contributed by atoms with Gasteiger partial charge in [0.15, 0.2) is 16.7 Å². The zero-order valence-electron chi connectivity index (χ0n) is 22.0. The molecule has 1 amide bonds. The van der Waals surface area contributed by atoms with Crippen molar-refractivity contribution in [3.05, 3.63) is 107 Å². The molecule has 6 nitrogen and oxygen atoms in total. The van der Waals surface area contributed by atoms with Gasteiger partial charge in [-0.3, -0.25) is 14.5 Å². The number of aliphatic hydroxyl groups excluding tert-OH is 1. The van der Waals surface area contributed by atoms with Gasteiger partial charge in [-0.2, -0.15) is 0 Å². The largest absolute Gasteiger partial charge is 0.503 e. The highest BCUT2D eigenvalue weighted by Gasteiger charge is 2.45. The van der Waals surface area contributed by atoms with E-state index in [0.717, 1.165) is 40.6 Å². The van der Waals surface area contributed by atoms with Crippen molar-refractivity contribution in [2.75, 3.05) is 11.5 Å². The fourth-order valence-corrected chi connectivity index (χ4v) is 5.73. The molecule has 198 valence electrons. The maximum absolute atomic E-state index is 13.5. The molecular formula is C32H30N2O4S. The van der Waals surface area contributed by atoms with Crippen molar-refractivity contribution < 1.29 is 19.4 Å². The highest BCUT2D eigenvalue weighted by molar-refractivity contribution is 7.22. The fourth-order valence-electron chi connectivity index (χ4n) is 4.63. The van der Waals surface area contributed by atoms with Crippen LogP contribution in [0.3, 0.4) is 0 Å². The summed E-state index contributed by atoms with van der Waals surface area (Å²) >= 11 is 1.36. The van der Waals surface area contributed by atoms with E-state index in [9.17, 15) is 14.7 Å². The summed E-state index contributed by atoms with van der Waals surface area (Å²) in [7, 11) is 0. The second-order valence-corrected chi connectivity index (χ2v) is 10.6. The maximum Gasteiger partial charge on any atom is 0.296 e. The second kappa shape index (κ2) is 11.7. The highest BCUT2D eigenvalue weighted by atomic mass is 32.1. The Bertz CT molecular complexity index is 1570. The molecule has 0 bridgehead atoms. The van der Waals surface area contributed by atoms with Crippen LogP contribution in [0.15, 0.2) is 90.2 Å². The van der Waals surface area contributed by atoms with E-state index in [-0.39, 0.29) is 5.57 Å². The Morgan fingerprint density at radius 1 is 1.08 bits per heavy atom. The molecule has 1 atom stereocenters. The third-order valence-corrected chi connectivity index (χ3v) is 7.65. The molecule has 0 fully saturated rings. The molecule has 0 spiro atoms. The van der Waals surface area contributed by atoms with Crippen LogP contribution in [0.2, 0.25) is 0 Å². The van der Waals surface area contributed by atoms with Gasteiger partial charge in [0.05, 0.1) is 28.4 Å². The number of anilines is 1. The lowest BCUT2D eigenvalue weighted by atomic mass is 9.95. The number of thiazole rings is 1. The summed E-state index contributed by atoms with van der Waals surface area (Å²) in [5.74, 6) is -1.01. The first-order chi connectivity index (χ1) is 19.0. The predicted octanol–water partition coefficient (Wildman–Crippen LogP) is 7.36. The Kier molecular flexibility index (Phi) is 7.89. The number of aromatic nitrogens is 1. The Hall–Kier alpha value is -4.23. The topological polar surface area (TPSA) is 79.7 Å². The van der Waals surface area contributed by atoms with Crippen molar-refractivity contribution >= 4 is 44.5 Å². The number of aryl methyl sites for hydroxylation is 1.